The van der Waals surface area contributed by atoms with Gasteiger partial charge in [-0.05, 0) is 102 Å². The second-order valence-corrected chi connectivity index (χ2v) is 13.7. The minimum Gasteiger partial charge on any atom is -0.459 e. The van der Waals surface area contributed by atoms with Gasteiger partial charge in [-0.3, -0.25) is 19.7 Å². The number of fused-ring (bicyclic) bond motifs is 2. The Morgan fingerprint density at radius 3 is 2.77 bits per heavy atom. The number of nitrogens with zero attached hydrogens (tertiary/aromatic N) is 4. The van der Waals surface area contributed by atoms with Gasteiger partial charge < -0.3 is 15.4 Å². The zero-order chi connectivity index (χ0) is 29.8. The molecule has 3 aliphatic rings. The van der Waals surface area contributed by atoms with Crippen molar-refractivity contribution in [1.29, 1.82) is 0 Å². The molecule has 218 valence electrons. The summed E-state index contributed by atoms with van der Waals surface area (Å²) in [7, 11) is 0. The smallest absolute Gasteiger partial charge is 0.255 e. The van der Waals surface area contributed by atoms with Crippen molar-refractivity contribution in [3.63, 3.8) is 0 Å². The number of aromatic amines is 1. The highest BCUT2D eigenvalue weighted by atomic mass is 127. The van der Waals surface area contributed by atoms with Crippen LogP contribution in [0.15, 0.2) is 71.1 Å². The maximum Gasteiger partial charge on any atom is 0.255 e. The van der Waals surface area contributed by atoms with Crippen LogP contribution in [0.1, 0.15) is 58.5 Å². The summed E-state index contributed by atoms with van der Waals surface area (Å²) in [6.07, 6.45) is 3.70. The van der Waals surface area contributed by atoms with E-state index in [1.807, 2.05) is 60.4 Å². The zero-order valence-electron chi connectivity index (χ0n) is 23.0. The highest BCUT2D eigenvalue weighted by Gasteiger charge is 2.42. The molecule has 3 aliphatic heterocycles. The third kappa shape index (κ3) is 5.21. The van der Waals surface area contributed by atoms with Crippen LogP contribution in [0.5, 0.6) is 5.75 Å². The van der Waals surface area contributed by atoms with E-state index in [1.165, 1.54) is 11.8 Å². The first kappa shape index (κ1) is 28.4. The van der Waals surface area contributed by atoms with Crippen molar-refractivity contribution in [2.75, 3.05) is 6.54 Å². The van der Waals surface area contributed by atoms with Crippen molar-refractivity contribution < 1.29 is 14.3 Å². The summed E-state index contributed by atoms with van der Waals surface area (Å²) in [6.45, 7) is 2.53. The summed E-state index contributed by atoms with van der Waals surface area (Å²) < 4.78 is 7.63. The van der Waals surface area contributed by atoms with E-state index in [0.717, 1.165) is 49.2 Å². The van der Waals surface area contributed by atoms with Crippen molar-refractivity contribution in [3.8, 4) is 5.75 Å². The number of nitrogens with two attached hydrogens (primary N) is 1. The SMILES string of the molecule is Cc1[nH]nc2ncc(C(=O)N3CCC[C@H]3c3ccc(Cl)cc3C3N=C4SC(C(N)=O)CC4=C3Oc3ccc(I)cc3)cc12. The molecule has 2 saturated heterocycles. The zero-order valence-corrected chi connectivity index (χ0v) is 26.7. The largest absolute Gasteiger partial charge is 0.459 e. The molecule has 4 aromatic rings. The van der Waals surface area contributed by atoms with Crippen LogP contribution in [0, 0.1) is 10.5 Å². The Morgan fingerprint density at radius 2 is 1.98 bits per heavy atom. The number of pyridine rings is 1. The van der Waals surface area contributed by atoms with Crippen molar-refractivity contribution in [2.24, 2.45) is 10.7 Å². The van der Waals surface area contributed by atoms with Crippen LogP contribution in [0.25, 0.3) is 11.0 Å². The molecule has 0 aliphatic carbocycles. The van der Waals surface area contributed by atoms with Gasteiger partial charge in [0.15, 0.2) is 5.65 Å². The lowest BCUT2D eigenvalue weighted by Gasteiger charge is -2.28. The number of nitrogens with one attached hydrogen (secondary N) is 1. The molecule has 0 saturated carbocycles. The molecule has 3 N–H and O–H groups in total. The number of ether oxygens (including phenoxy) is 1. The Hall–Kier alpha value is -3.42. The number of aryl methyl sites for hydroxylation is 1. The highest BCUT2D eigenvalue weighted by molar-refractivity contribution is 14.1. The number of primary amides is 1. The first-order valence-corrected chi connectivity index (χ1v) is 16.2. The number of rotatable bonds is 6. The standard InChI is InChI=1S/C31H26ClIN6O3S/c1-15-21-11-16(14-35-29(21)38-37-15)31(41)39-10-2-3-24(39)20-9-4-17(32)12-22(20)26-27(42-19-7-5-18(33)6-8-19)23-13-25(28(34)40)43-30(23)36-26/h4-9,11-12,14,24-26H,2-3,10,13H2,1H3,(H2,34,40)(H,35,37,38)/t24-,25?,26?/m0/s1. The molecular weight excluding hydrogens is 699 g/mol. The number of hydrogen-bond acceptors (Lipinski definition) is 7. The van der Waals surface area contributed by atoms with E-state index in [1.54, 1.807) is 6.20 Å². The third-order valence-corrected chi connectivity index (χ3v) is 10.3. The molecule has 43 heavy (non-hydrogen) atoms. The van der Waals surface area contributed by atoms with Crippen LogP contribution < -0.4 is 10.5 Å². The molecule has 12 heteroatoms. The predicted octanol–water partition coefficient (Wildman–Crippen LogP) is 6.28. The van der Waals surface area contributed by atoms with E-state index >= 15 is 0 Å². The first-order chi connectivity index (χ1) is 20.8. The molecular formula is C31H26ClIN6O3S. The molecule has 2 aromatic heterocycles. The number of aliphatic imine (C=N–C) groups is 1. The molecule has 0 spiro atoms. The Labute approximate surface area is 270 Å². The van der Waals surface area contributed by atoms with Crippen molar-refractivity contribution in [2.45, 2.75) is 43.5 Å². The number of carbonyl (C=O) groups excluding carboxylic acids is 2. The number of benzene rings is 2. The summed E-state index contributed by atoms with van der Waals surface area (Å²) in [5.41, 5.74) is 10.4. The van der Waals surface area contributed by atoms with E-state index in [0.29, 0.717) is 40.7 Å². The van der Waals surface area contributed by atoms with Crippen molar-refractivity contribution in [3.05, 3.63) is 97.0 Å². The van der Waals surface area contributed by atoms with Crippen LogP contribution in [-0.2, 0) is 4.79 Å². The second kappa shape index (κ2) is 11.3. The van der Waals surface area contributed by atoms with Crippen LogP contribution in [0.3, 0.4) is 0 Å². The average molecular weight is 725 g/mol. The average Bonchev–Trinajstić information content (AvgIpc) is 3.78. The number of carbonyl (C=O) groups is 2. The Balaban J connectivity index is 1.27. The van der Waals surface area contributed by atoms with Gasteiger partial charge in [0.2, 0.25) is 5.91 Å². The molecule has 2 amide bonds. The maximum atomic E-state index is 13.9. The van der Waals surface area contributed by atoms with Gasteiger partial charge in [0.25, 0.3) is 5.91 Å². The minimum atomic E-state index is -0.483. The number of aromatic nitrogens is 3. The van der Waals surface area contributed by atoms with Crippen molar-refractivity contribution in [1.82, 2.24) is 20.1 Å². The molecule has 5 heterocycles. The summed E-state index contributed by atoms with van der Waals surface area (Å²) in [5, 5.41) is 8.89. The molecule has 2 unspecified atom stereocenters. The fourth-order valence-electron chi connectivity index (χ4n) is 6.01. The Bertz CT molecular complexity index is 1860. The number of thioether (sulfide) groups is 1. The summed E-state index contributed by atoms with van der Waals surface area (Å²) in [6, 6.07) is 14.8. The lowest BCUT2D eigenvalue weighted by Crippen LogP contribution is -2.31. The highest BCUT2D eigenvalue weighted by Crippen LogP contribution is 2.49. The quantitative estimate of drug-likeness (QED) is 0.226. The van der Waals surface area contributed by atoms with Gasteiger partial charge in [0, 0.05) is 38.0 Å². The van der Waals surface area contributed by atoms with Crippen LogP contribution in [0.4, 0.5) is 0 Å². The number of H-pyrrole nitrogens is 1. The fraction of sp³-hybridized carbons (Fsp3) is 0.258. The number of likely N-dealkylation sites (tertiary alicyclic amines) is 1. The van der Waals surface area contributed by atoms with E-state index in [9.17, 15) is 9.59 Å². The molecule has 2 fully saturated rings. The third-order valence-electron chi connectivity index (χ3n) is 8.12. The normalized spacial score (nSPS) is 21.4. The van der Waals surface area contributed by atoms with Crippen molar-refractivity contribution >= 4 is 73.8 Å². The van der Waals surface area contributed by atoms with E-state index < -0.39 is 11.3 Å². The molecule has 3 atom stereocenters. The summed E-state index contributed by atoms with van der Waals surface area (Å²) >= 11 is 10.2. The van der Waals surface area contributed by atoms with Gasteiger partial charge in [-0.2, -0.15) is 5.10 Å². The van der Waals surface area contributed by atoms with Gasteiger partial charge in [-0.1, -0.05) is 29.4 Å². The number of hydrogen-bond donors (Lipinski definition) is 2. The molecule has 7 rings (SSSR count). The first-order valence-electron chi connectivity index (χ1n) is 13.9. The molecule has 0 radical (unpaired) electrons. The van der Waals surface area contributed by atoms with Crippen LogP contribution in [-0.4, -0.2) is 48.7 Å². The maximum absolute atomic E-state index is 13.9. The monoisotopic (exact) mass is 724 g/mol. The Morgan fingerprint density at radius 1 is 1.16 bits per heavy atom. The van der Waals surface area contributed by atoms with E-state index in [2.05, 4.69) is 37.8 Å². The topological polar surface area (TPSA) is 127 Å². The van der Waals surface area contributed by atoms with Gasteiger partial charge >= 0.3 is 0 Å². The number of halogens is 2. The lowest BCUT2D eigenvalue weighted by molar-refractivity contribution is -0.117. The summed E-state index contributed by atoms with van der Waals surface area (Å²) in [4.78, 5) is 37.4. The van der Waals surface area contributed by atoms with Crippen LogP contribution >= 0.6 is 46.0 Å². The number of amides is 2. The minimum absolute atomic E-state index is 0.0819. The molecule has 0 bridgehead atoms. The lowest BCUT2D eigenvalue weighted by atomic mass is 9.92. The van der Waals surface area contributed by atoms with Gasteiger partial charge in [-0.25, -0.2) is 4.98 Å². The molecule has 2 aromatic carbocycles. The van der Waals surface area contributed by atoms with Gasteiger partial charge in [-0.15, -0.1) is 0 Å². The predicted molar refractivity (Wildman–Crippen MR) is 175 cm³/mol. The molecule has 9 nitrogen and oxygen atoms in total. The van der Waals surface area contributed by atoms with E-state index in [4.69, 9.17) is 27.1 Å². The Kier molecular flexibility index (Phi) is 7.42. The second-order valence-electron chi connectivity index (χ2n) is 10.8. The van der Waals surface area contributed by atoms with E-state index in [-0.39, 0.29) is 17.9 Å². The van der Waals surface area contributed by atoms with Crippen LogP contribution in [0.2, 0.25) is 5.02 Å². The fourth-order valence-corrected chi connectivity index (χ4v) is 7.68. The summed E-state index contributed by atoms with van der Waals surface area (Å²) in [5.74, 6) is 0.885. The van der Waals surface area contributed by atoms with Gasteiger partial charge in [0.1, 0.15) is 17.6 Å². The van der Waals surface area contributed by atoms with Gasteiger partial charge in [0.05, 0.1) is 21.9 Å².